The van der Waals surface area contributed by atoms with Gasteiger partial charge in [-0.15, -0.1) is 0 Å². The Morgan fingerprint density at radius 2 is 2.00 bits per heavy atom. The van der Waals surface area contributed by atoms with Crippen LogP contribution in [0.1, 0.15) is 0 Å². The van der Waals surface area contributed by atoms with E-state index in [-0.39, 0.29) is 0 Å². The SMILES string of the molecule is Nc1cc(-c2cc3ccccc3nc2Cl)on1. The quantitative estimate of drug-likeness (QED) is 0.669. The minimum Gasteiger partial charge on any atom is -0.381 e. The zero-order chi connectivity index (χ0) is 11.8. The van der Waals surface area contributed by atoms with Crippen molar-refractivity contribution in [3.63, 3.8) is 0 Å². The van der Waals surface area contributed by atoms with Gasteiger partial charge in [0.1, 0.15) is 5.15 Å². The van der Waals surface area contributed by atoms with Gasteiger partial charge in [-0.2, -0.15) is 0 Å². The predicted octanol–water partition coefficient (Wildman–Crippen LogP) is 3.13. The van der Waals surface area contributed by atoms with E-state index in [9.17, 15) is 0 Å². The van der Waals surface area contributed by atoms with Crippen molar-refractivity contribution in [1.82, 2.24) is 10.1 Å². The number of anilines is 1. The third-order valence-electron chi connectivity index (χ3n) is 2.47. The molecule has 0 atom stereocenters. The summed E-state index contributed by atoms with van der Waals surface area (Å²) in [6.07, 6.45) is 0. The second kappa shape index (κ2) is 3.75. The number of benzene rings is 1. The summed E-state index contributed by atoms with van der Waals surface area (Å²) in [5, 5.41) is 4.99. The maximum absolute atomic E-state index is 6.11. The number of rotatable bonds is 1. The van der Waals surface area contributed by atoms with Crippen LogP contribution < -0.4 is 5.73 Å². The molecule has 0 fully saturated rings. The minimum absolute atomic E-state index is 0.323. The van der Waals surface area contributed by atoms with Gasteiger partial charge in [0.05, 0.1) is 11.1 Å². The van der Waals surface area contributed by atoms with Crippen molar-refractivity contribution < 1.29 is 4.52 Å². The molecule has 3 aromatic rings. The van der Waals surface area contributed by atoms with Gasteiger partial charge in [0.15, 0.2) is 11.6 Å². The van der Waals surface area contributed by atoms with E-state index in [4.69, 9.17) is 21.9 Å². The lowest BCUT2D eigenvalue weighted by molar-refractivity contribution is 0.436. The number of para-hydroxylation sites is 1. The molecule has 0 saturated heterocycles. The Hall–Kier alpha value is -2.07. The van der Waals surface area contributed by atoms with Crippen LogP contribution in [-0.2, 0) is 0 Å². The van der Waals surface area contributed by atoms with E-state index in [1.807, 2.05) is 30.3 Å². The van der Waals surface area contributed by atoms with Gasteiger partial charge in [-0.3, -0.25) is 0 Å². The molecule has 2 N–H and O–H groups in total. The fourth-order valence-corrected chi connectivity index (χ4v) is 1.92. The van der Waals surface area contributed by atoms with Gasteiger partial charge in [0.25, 0.3) is 0 Å². The molecule has 0 amide bonds. The summed E-state index contributed by atoms with van der Waals surface area (Å²) < 4.78 is 5.08. The summed E-state index contributed by atoms with van der Waals surface area (Å²) in [5.74, 6) is 0.843. The van der Waals surface area contributed by atoms with Crippen LogP contribution in [-0.4, -0.2) is 10.1 Å². The average Bonchev–Trinajstić information content (AvgIpc) is 2.75. The molecule has 0 aliphatic rings. The lowest BCUT2D eigenvalue weighted by Gasteiger charge is -2.02. The molecule has 4 nitrogen and oxygen atoms in total. The van der Waals surface area contributed by atoms with E-state index in [0.29, 0.717) is 22.3 Å². The van der Waals surface area contributed by atoms with Crippen molar-refractivity contribution in [2.24, 2.45) is 0 Å². The summed E-state index contributed by atoms with van der Waals surface area (Å²) in [6, 6.07) is 11.2. The molecule has 0 aliphatic heterocycles. The Balaban J connectivity index is 2.26. The molecule has 2 aromatic heterocycles. The smallest absolute Gasteiger partial charge is 0.172 e. The molecule has 0 spiro atoms. The highest BCUT2D eigenvalue weighted by molar-refractivity contribution is 6.32. The van der Waals surface area contributed by atoms with Gasteiger partial charge in [0, 0.05) is 11.5 Å². The molecule has 2 heterocycles. The van der Waals surface area contributed by atoms with Crippen molar-refractivity contribution >= 4 is 28.3 Å². The highest BCUT2D eigenvalue weighted by Gasteiger charge is 2.11. The van der Waals surface area contributed by atoms with Gasteiger partial charge < -0.3 is 10.3 Å². The molecule has 84 valence electrons. The summed E-state index contributed by atoms with van der Waals surface area (Å²) in [6.45, 7) is 0. The Morgan fingerprint density at radius 1 is 1.18 bits per heavy atom. The predicted molar refractivity (Wildman–Crippen MR) is 66.7 cm³/mol. The van der Waals surface area contributed by atoms with Crippen LogP contribution in [0.3, 0.4) is 0 Å². The Kier molecular flexibility index (Phi) is 2.23. The number of pyridine rings is 1. The van der Waals surface area contributed by atoms with Crippen LogP contribution in [0.5, 0.6) is 0 Å². The zero-order valence-electron chi connectivity index (χ0n) is 8.72. The Morgan fingerprint density at radius 3 is 2.76 bits per heavy atom. The molecule has 0 unspecified atom stereocenters. The van der Waals surface area contributed by atoms with Crippen LogP contribution in [0.4, 0.5) is 5.82 Å². The normalized spacial score (nSPS) is 10.9. The first-order chi connectivity index (χ1) is 8.24. The summed E-state index contributed by atoms with van der Waals surface area (Å²) in [4.78, 5) is 4.30. The number of aromatic nitrogens is 2. The fraction of sp³-hybridized carbons (Fsp3) is 0. The fourth-order valence-electron chi connectivity index (χ4n) is 1.68. The van der Waals surface area contributed by atoms with Crippen LogP contribution in [0.2, 0.25) is 5.15 Å². The first kappa shape index (κ1) is 10.1. The van der Waals surface area contributed by atoms with E-state index in [1.54, 1.807) is 6.07 Å². The van der Waals surface area contributed by atoms with Crippen LogP contribution in [0.25, 0.3) is 22.2 Å². The number of halogens is 1. The third kappa shape index (κ3) is 1.72. The molecular weight excluding hydrogens is 238 g/mol. The first-order valence-electron chi connectivity index (χ1n) is 5.02. The first-order valence-corrected chi connectivity index (χ1v) is 5.40. The van der Waals surface area contributed by atoms with Gasteiger partial charge in [-0.25, -0.2) is 4.98 Å². The topological polar surface area (TPSA) is 64.9 Å². The number of nitrogen functional groups attached to an aromatic ring is 1. The van der Waals surface area contributed by atoms with Gasteiger partial charge in [-0.05, 0) is 12.1 Å². The summed E-state index contributed by atoms with van der Waals surface area (Å²) in [5.41, 5.74) is 7.04. The molecule has 17 heavy (non-hydrogen) atoms. The largest absolute Gasteiger partial charge is 0.381 e. The zero-order valence-corrected chi connectivity index (χ0v) is 9.48. The molecule has 0 bridgehead atoms. The van der Waals surface area contributed by atoms with Gasteiger partial charge in [-0.1, -0.05) is 35.0 Å². The van der Waals surface area contributed by atoms with Crippen molar-refractivity contribution in [3.05, 3.63) is 41.6 Å². The third-order valence-corrected chi connectivity index (χ3v) is 2.76. The molecule has 5 heteroatoms. The van der Waals surface area contributed by atoms with Crippen molar-refractivity contribution in [2.45, 2.75) is 0 Å². The highest BCUT2D eigenvalue weighted by atomic mass is 35.5. The maximum Gasteiger partial charge on any atom is 0.172 e. The van der Waals surface area contributed by atoms with Crippen molar-refractivity contribution in [3.8, 4) is 11.3 Å². The molecular formula is C12H8ClN3O. The second-order valence-corrected chi connectivity index (χ2v) is 3.99. The average molecular weight is 246 g/mol. The van der Waals surface area contributed by atoms with Crippen LogP contribution >= 0.6 is 11.6 Å². The lowest BCUT2D eigenvalue weighted by Crippen LogP contribution is -1.84. The lowest BCUT2D eigenvalue weighted by atomic mass is 10.1. The number of fused-ring (bicyclic) bond motifs is 1. The minimum atomic E-state index is 0.323. The van der Waals surface area contributed by atoms with Crippen LogP contribution in [0, 0.1) is 0 Å². The van der Waals surface area contributed by atoms with Gasteiger partial charge in [0.2, 0.25) is 0 Å². The standard InChI is InChI=1S/C12H8ClN3O/c13-12-8(10-6-11(14)16-17-10)5-7-3-1-2-4-9(7)15-12/h1-6H,(H2,14,16). The molecule has 0 radical (unpaired) electrons. The van der Waals surface area contributed by atoms with E-state index >= 15 is 0 Å². The number of nitrogens with two attached hydrogens (primary N) is 1. The molecule has 0 saturated carbocycles. The van der Waals surface area contributed by atoms with E-state index in [0.717, 1.165) is 10.9 Å². The second-order valence-electron chi connectivity index (χ2n) is 3.64. The van der Waals surface area contributed by atoms with E-state index < -0.39 is 0 Å². The Bertz CT molecular complexity index is 693. The highest BCUT2D eigenvalue weighted by Crippen LogP contribution is 2.30. The number of hydrogen-bond acceptors (Lipinski definition) is 4. The molecule has 0 aliphatic carbocycles. The van der Waals surface area contributed by atoms with Crippen molar-refractivity contribution in [1.29, 1.82) is 0 Å². The maximum atomic E-state index is 6.11. The Labute approximate surface area is 102 Å². The number of hydrogen-bond donors (Lipinski definition) is 1. The molecule has 1 aromatic carbocycles. The van der Waals surface area contributed by atoms with Gasteiger partial charge >= 0.3 is 0 Å². The summed E-state index contributed by atoms with van der Waals surface area (Å²) in [7, 11) is 0. The van der Waals surface area contributed by atoms with Crippen LogP contribution in [0.15, 0.2) is 40.9 Å². The molecule has 3 rings (SSSR count). The van der Waals surface area contributed by atoms with E-state index in [2.05, 4.69) is 10.1 Å². The van der Waals surface area contributed by atoms with E-state index in [1.165, 1.54) is 0 Å². The monoisotopic (exact) mass is 245 g/mol. The summed E-state index contributed by atoms with van der Waals surface area (Å²) >= 11 is 6.11. The number of nitrogens with zero attached hydrogens (tertiary/aromatic N) is 2. The van der Waals surface area contributed by atoms with Crippen molar-refractivity contribution in [2.75, 3.05) is 5.73 Å².